The molecule has 96 valence electrons. The number of hydrogen-bond donors (Lipinski definition) is 1. The lowest BCUT2D eigenvalue weighted by atomic mass is 10.2. The third-order valence-electron chi connectivity index (χ3n) is 2.45. The quantitative estimate of drug-likeness (QED) is 0.882. The molecule has 1 N–H and O–H groups in total. The molecule has 0 amide bonds. The predicted molar refractivity (Wildman–Crippen MR) is 68.8 cm³/mol. The van der Waals surface area contributed by atoms with Crippen LogP contribution in [0, 0.1) is 0 Å². The third-order valence-corrected chi connectivity index (χ3v) is 3.33. The van der Waals surface area contributed by atoms with Gasteiger partial charge in [-0.1, -0.05) is 11.3 Å². The third kappa shape index (κ3) is 2.57. The summed E-state index contributed by atoms with van der Waals surface area (Å²) in [5.41, 5.74) is 0.593. The van der Waals surface area contributed by atoms with Gasteiger partial charge in [-0.05, 0) is 25.5 Å². The van der Waals surface area contributed by atoms with Crippen molar-refractivity contribution in [1.29, 1.82) is 0 Å². The van der Waals surface area contributed by atoms with Crippen LogP contribution in [0.4, 0.5) is 0 Å². The summed E-state index contributed by atoms with van der Waals surface area (Å²) >= 11 is 1.48. The lowest BCUT2D eigenvalue weighted by Crippen LogP contribution is -2.19. The normalized spacial score (nSPS) is 11.1. The van der Waals surface area contributed by atoms with Crippen molar-refractivity contribution in [3.05, 3.63) is 23.2 Å². The first-order chi connectivity index (χ1) is 8.59. The number of carboxylic acids is 1. The molecule has 0 saturated heterocycles. The highest BCUT2D eigenvalue weighted by Crippen LogP contribution is 2.26. The molecule has 0 fully saturated rings. The molecule has 0 atom stereocenters. The van der Waals surface area contributed by atoms with Gasteiger partial charge < -0.3 is 10.0 Å². The number of aromatic nitrogens is 3. The second-order valence-corrected chi connectivity index (χ2v) is 5.04. The van der Waals surface area contributed by atoms with Crippen LogP contribution in [0.15, 0.2) is 17.5 Å². The van der Waals surface area contributed by atoms with Crippen molar-refractivity contribution in [3.63, 3.8) is 0 Å². The van der Waals surface area contributed by atoms with Crippen LogP contribution in [-0.2, 0) is 6.54 Å². The molecule has 2 heterocycles. The van der Waals surface area contributed by atoms with Gasteiger partial charge in [-0.25, -0.2) is 9.48 Å². The van der Waals surface area contributed by atoms with Crippen molar-refractivity contribution in [1.82, 2.24) is 19.9 Å². The fourth-order valence-electron chi connectivity index (χ4n) is 1.57. The lowest BCUT2D eigenvalue weighted by molar-refractivity contribution is 0.0691. The molecule has 2 rings (SSSR count). The Bertz CT molecular complexity index is 533. The highest BCUT2D eigenvalue weighted by atomic mass is 32.1. The van der Waals surface area contributed by atoms with Crippen molar-refractivity contribution in [2.45, 2.75) is 6.54 Å². The van der Waals surface area contributed by atoms with Crippen LogP contribution < -0.4 is 0 Å². The zero-order valence-corrected chi connectivity index (χ0v) is 11.0. The van der Waals surface area contributed by atoms with Crippen molar-refractivity contribution in [2.75, 3.05) is 20.6 Å². The van der Waals surface area contributed by atoms with Crippen molar-refractivity contribution >= 4 is 17.3 Å². The van der Waals surface area contributed by atoms with E-state index in [1.807, 2.05) is 36.5 Å². The zero-order chi connectivity index (χ0) is 13.1. The molecule has 7 heteroatoms. The summed E-state index contributed by atoms with van der Waals surface area (Å²) in [4.78, 5) is 14.0. The average Bonchev–Trinajstić information content (AvgIpc) is 2.94. The van der Waals surface area contributed by atoms with Gasteiger partial charge in [-0.3, -0.25) is 0 Å². The van der Waals surface area contributed by atoms with E-state index in [0.29, 0.717) is 12.2 Å². The van der Waals surface area contributed by atoms with Crippen LogP contribution in [0.5, 0.6) is 0 Å². The SMILES string of the molecule is CN(C)CCn1nnc(C(=O)O)c1-c1cccs1. The predicted octanol–water partition coefficient (Wildman–Crippen LogP) is 1.27. The molecule has 0 saturated carbocycles. The first-order valence-corrected chi connectivity index (χ1v) is 6.33. The molecular formula is C11H14N4O2S. The second-order valence-electron chi connectivity index (χ2n) is 4.10. The molecule has 0 radical (unpaired) electrons. The summed E-state index contributed by atoms with van der Waals surface area (Å²) in [7, 11) is 3.92. The summed E-state index contributed by atoms with van der Waals surface area (Å²) in [6.45, 7) is 1.39. The number of aromatic carboxylic acids is 1. The van der Waals surface area contributed by atoms with Crippen LogP contribution in [0.25, 0.3) is 10.6 Å². The number of likely N-dealkylation sites (N-methyl/N-ethyl adjacent to an activating group) is 1. The van der Waals surface area contributed by atoms with Crippen LogP contribution in [0.1, 0.15) is 10.5 Å². The number of carboxylic acid groups (broad SMARTS) is 1. The Morgan fingerprint density at radius 2 is 2.33 bits per heavy atom. The summed E-state index contributed by atoms with van der Waals surface area (Å²) in [6.07, 6.45) is 0. The summed E-state index contributed by atoms with van der Waals surface area (Å²) in [6, 6.07) is 3.76. The molecule has 2 aromatic rings. The van der Waals surface area contributed by atoms with Gasteiger partial charge in [0.05, 0.1) is 11.4 Å². The minimum atomic E-state index is -1.05. The van der Waals surface area contributed by atoms with E-state index in [9.17, 15) is 4.79 Å². The molecule has 2 aromatic heterocycles. The summed E-state index contributed by atoms with van der Waals surface area (Å²) < 4.78 is 1.65. The zero-order valence-electron chi connectivity index (χ0n) is 10.2. The van der Waals surface area contributed by atoms with Gasteiger partial charge >= 0.3 is 5.97 Å². The Balaban J connectivity index is 2.38. The fourth-order valence-corrected chi connectivity index (χ4v) is 2.34. The molecule has 0 unspecified atom stereocenters. The van der Waals surface area contributed by atoms with Gasteiger partial charge in [-0.15, -0.1) is 16.4 Å². The number of nitrogens with zero attached hydrogens (tertiary/aromatic N) is 4. The van der Waals surface area contributed by atoms with Gasteiger partial charge in [0, 0.05) is 6.54 Å². The Labute approximate surface area is 108 Å². The van der Waals surface area contributed by atoms with Crippen molar-refractivity contribution in [3.8, 4) is 10.6 Å². The molecule has 0 aliphatic heterocycles. The topological polar surface area (TPSA) is 71.2 Å². The molecular weight excluding hydrogens is 252 g/mol. The standard InChI is InChI=1S/C11H14N4O2S/c1-14(2)5-6-15-10(8-4-3-7-18-8)9(11(16)17)12-13-15/h3-4,7H,5-6H2,1-2H3,(H,16,17). The Kier molecular flexibility index (Phi) is 3.73. The molecule has 0 spiro atoms. The smallest absolute Gasteiger partial charge is 0.358 e. The van der Waals surface area contributed by atoms with Crippen molar-refractivity contribution < 1.29 is 9.90 Å². The highest BCUT2D eigenvalue weighted by molar-refractivity contribution is 7.13. The maximum atomic E-state index is 11.1. The van der Waals surface area contributed by atoms with E-state index < -0.39 is 5.97 Å². The van der Waals surface area contributed by atoms with E-state index in [1.54, 1.807) is 4.68 Å². The van der Waals surface area contributed by atoms with E-state index in [-0.39, 0.29) is 5.69 Å². The highest BCUT2D eigenvalue weighted by Gasteiger charge is 2.21. The number of carbonyl (C=O) groups is 1. The van der Waals surface area contributed by atoms with Gasteiger partial charge in [-0.2, -0.15) is 0 Å². The Hall–Kier alpha value is -1.73. The van der Waals surface area contributed by atoms with Crippen LogP contribution in [-0.4, -0.2) is 51.6 Å². The van der Waals surface area contributed by atoms with E-state index in [1.165, 1.54) is 11.3 Å². The first-order valence-electron chi connectivity index (χ1n) is 5.45. The first kappa shape index (κ1) is 12.7. The number of rotatable bonds is 5. The molecule has 0 aliphatic rings. The van der Waals surface area contributed by atoms with Gasteiger partial charge in [0.1, 0.15) is 5.69 Å². The molecule has 6 nitrogen and oxygen atoms in total. The minimum Gasteiger partial charge on any atom is -0.476 e. The van der Waals surface area contributed by atoms with Gasteiger partial charge in [0.25, 0.3) is 0 Å². The largest absolute Gasteiger partial charge is 0.476 e. The number of hydrogen-bond acceptors (Lipinski definition) is 5. The molecule has 0 bridgehead atoms. The fraction of sp³-hybridized carbons (Fsp3) is 0.364. The molecule has 0 aliphatic carbocycles. The maximum Gasteiger partial charge on any atom is 0.358 e. The van der Waals surface area contributed by atoms with Gasteiger partial charge in [0.2, 0.25) is 0 Å². The van der Waals surface area contributed by atoms with E-state index in [2.05, 4.69) is 10.3 Å². The molecule has 0 aromatic carbocycles. The van der Waals surface area contributed by atoms with Crippen LogP contribution >= 0.6 is 11.3 Å². The lowest BCUT2D eigenvalue weighted by Gasteiger charge is -2.10. The Morgan fingerprint density at radius 3 is 2.89 bits per heavy atom. The van der Waals surface area contributed by atoms with Crippen molar-refractivity contribution in [2.24, 2.45) is 0 Å². The van der Waals surface area contributed by atoms with Crippen LogP contribution in [0.2, 0.25) is 0 Å². The number of thiophene rings is 1. The molecule has 18 heavy (non-hydrogen) atoms. The van der Waals surface area contributed by atoms with E-state index in [0.717, 1.165) is 11.4 Å². The van der Waals surface area contributed by atoms with Gasteiger partial charge in [0.15, 0.2) is 5.69 Å². The van der Waals surface area contributed by atoms with Crippen LogP contribution in [0.3, 0.4) is 0 Å². The minimum absolute atomic E-state index is 0.0104. The second kappa shape index (κ2) is 5.28. The summed E-state index contributed by atoms with van der Waals surface area (Å²) in [5.74, 6) is -1.05. The summed E-state index contributed by atoms with van der Waals surface area (Å²) in [5, 5.41) is 18.7. The van der Waals surface area contributed by atoms with E-state index in [4.69, 9.17) is 5.11 Å². The Morgan fingerprint density at radius 1 is 1.56 bits per heavy atom. The van der Waals surface area contributed by atoms with E-state index >= 15 is 0 Å². The maximum absolute atomic E-state index is 11.1. The average molecular weight is 266 g/mol. The monoisotopic (exact) mass is 266 g/mol.